The van der Waals surface area contributed by atoms with Gasteiger partial charge in [0.1, 0.15) is 12.6 Å². The molecule has 0 aliphatic heterocycles. The second-order valence-electron chi connectivity index (χ2n) is 5.09. The molecule has 0 saturated heterocycles. The van der Waals surface area contributed by atoms with Gasteiger partial charge in [0.25, 0.3) is 0 Å². The summed E-state index contributed by atoms with van der Waals surface area (Å²) in [5.41, 5.74) is 0. The van der Waals surface area contributed by atoms with Crippen molar-refractivity contribution < 1.29 is 22.9 Å². The van der Waals surface area contributed by atoms with Crippen LogP contribution in [0.15, 0.2) is 0 Å². The minimum atomic E-state index is -2.43. The van der Waals surface area contributed by atoms with Crippen LogP contribution in [0.25, 0.3) is 0 Å². The molecule has 0 aliphatic rings. The molecule has 1 atom stereocenters. The second kappa shape index (κ2) is 7.45. The lowest BCUT2D eigenvalue weighted by molar-refractivity contribution is -0.893. The summed E-state index contributed by atoms with van der Waals surface area (Å²) < 4.78 is 16.9. The highest BCUT2D eigenvalue weighted by Gasteiger charge is 2.37. The van der Waals surface area contributed by atoms with Crippen LogP contribution < -0.4 is 0 Å². The van der Waals surface area contributed by atoms with E-state index in [0.717, 1.165) is 30.0 Å². The molecule has 104 valence electrons. The highest BCUT2D eigenvalue weighted by atomic mass is 28.4. The predicted octanol–water partition coefficient (Wildman–Crippen LogP) is 0.712. The fraction of sp³-hybridized carbons (Fsp3) is 1.00. The fourth-order valence-electron chi connectivity index (χ4n) is 2.09. The van der Waals surface area contributed by atoms with Crippen molar-refractivity contribution in [1.29, 1.82) is 0 Å². The van der Waals surface area contributed by atoms with Crippen LogP contribution >= 0.6 is 0 Å². The maximum absolute atomic E-state index is 9.40. The van der Waals surface area contributed by atoms with Crippen LogP contribution in [-0.2, 0) is 13.3 Å². The highest BCUT2D eigenvalue weighted by molar-refractivity contribution is 6.60. The van der Waals surface area contributed by atoms with E-state index in [-0.39, 0.29) is 6.10 Å². The van der Waals surface area contributed by atoms with Crippen LogP contribution in [-0.4, -0.2) is 73.0 Å². The first-order valence-corrected chi connectivity index (χ1v) is 7.89. The topological polar surface area (TPSA) is 47.9 Å². The van der Waals surface area contributed by atoms with Crippen molar-refractivity contribution in [3.05, 3.63) is 0 Å². The van der Waals surface area contributed by atoms with Gasteiger partial charge in [-0.05, 0) is 6.92 Å². The molecule has 0 aliphatic carbocycles. The molecular formula is C11H28NO4Si+. The van der Waals surface area contributed by atoms with E-state index in [0.29, 0.717) is 0 Å². The maximum Gasteiger partial charge on any atom is 0.500 e. The Morgan fingerprint density at radius 1 is 1.12 bits per heavy atom. The largest absolute Gasteiger partial charge is 0.500 e. The van der Waals surface area contributed by atoms with Crippen LogP contribution in [0.5, 0.6) is 0 Å². The Kier molecular flexibility index (Phi) is 7.46. The van der Waals surface area contributed by atoms with E-state index in [1.165, 1.54) is 0 Å². The number of hydrogen-bond donors (Lipinski definition) is 1. The molecule has 0 saturated carbocycles. The van der Waals surface area contributed by atoms with Gasteiger partial charge in [0.15, 0.2) is 0 Å². The first-order valence-electron chi connectivity index (χ1n) is 5.96. The van der Waals surface area contributed by atoms with Crippen molar-refractivity contribution in [2.45, 2.75) is 25.5 Å². The lowest BCUT2D eigenvalue weighted by Gasteiger charge is -2.32. The van der Waals surface area contributed by atoms with Crippen LogP contribution in [0, 0.1) is 0 Å². The van der Waals surface area contributed by atoms with Gasteiger partial charge in [-0.3, -0.25) is 0 Å². The monoisotopic (exact) mass is 266 g/mol. The van der Waals surface area contributed by atoms with Crippen LogP contribution in [0.3, 0.4) is 0 Å². The zero-order valence-corrected chi connectivity index (χ0v) is 13.0. The van der Waals surface area contributed by atoms with E-state index in [4.69, 9.17) is 13.3 Å². The van der Waals surface area contributed by atoms with Gasteiger partial charge in [-0.1, -0.05) is 0 Å². The SMILES string of the molecule is CO[Si](CCC[N+](C)(C)CC(C)O)(OC)OC. The van der Waals surface area contributed by atoms with Crippen LogP contribution in [0.4, 0.5) is 0 Å². The summed E-state index contributed by atoms with van der Waals surface area (Å²) in [5.74, 6) is 0. The zero-order valence-electron chi connectivity index (χ0n) is 12.0. The van der Waals surface area contributed by atoms with Gasteiger partial charge < -0.3 is 22.9 Å². The van der Waals surface area contributed by atoms with Crippen molar-refractivity contribution in [2.75, 3.05) is 48.5 Å². The lowest BCUT2D eigenvalue weighted by Crippen LogP contribution is -2.47. The average Bonchev–Trinajstić information content (AvgIpc) is 2.23. The lowest BCUT2D eigenvalue weighted by atomic mass is 10.3. The Morgan fingerprint density at radius 3 is 1.94 bits per heavy atom. The van der Waals surface area contributed by atoms with Gasteiger partial charge in [0.2, 0.25) is 0 Å². The van der Waals surface area contributed by atoms with E-state index in [2.05, 4.69) is 14.1 Å². The summed E-state index contributed by atoms with van der Waals surface area (Å²) >= 11 is 0. The Bertz CT molecular complexity index is 199. The predicted molar refractivity (Wildman–Crippen MR) is 69.7 cm³/mol. The minimum absolute atomic E-state index is 0.278. The number of likely N-dealkylation sites (N-methyl/N-ethyl adjacent to an activating group) is 1. The van der Waals surface area contributed by atoms with Crippen molar-refractivity contribution in [1.82, 2.24) is 0 Å². The van der Waals surface area contributed by atoms with Crippen molar-refractivity contribution in [2.24, 2.45) is 0 Å². The van der Waals surface area contributed by atoms with Crippen LogP contribution in [0.2, 0.25) is 6.04 Å². The zero-order chi connectivity index (χ0) is 13.5. The molecule has 0 spiro atoms. The summed E-state index contributed by atoms with van der Waals surface area (Å²) in [4.78, 5) is 0. The summed E-state index contributed by atoms with van der Waals surface area (Å²) in [7, 11) is 6.70. The van der Waals surface area contributed by atoms with E-state index < -0.39 is 8.80 Å². The number of aliphatic hydroxyl groups excluding tert-OH is 1. The minimum Gasteiger partial charge on any atom is -0.388 e. The molecule has 0 heterocycles. The quantitative estimate of drug-likeness (QED) is 0.493. The summed E-state index contributed by atoms with van der Waals surface area (Å²) in [6, 6.07) is 0.804. The molecule has 0 radical (unpaired) electrons. The van der Waals surface area contributed by atoms with Gasteiger partial charge >= 0.3 is 8.80 Å². The number of quaternary nitrogens is 1. The molecule has 0 aromatic carbocycles. The van der Waals surface area contributed by atoms with E-state index in [1.807, 2.05) is 6.92 Å². The van der Waals surface area contributed by atoms with Gasteiger partial charge in [0, 0.05) is 33.8 Å². The summed E-state index contributed by atoms with van der Waals surface area (Å²) in [6.07, 6.45) is 0.681. The van der Waals surface area contributed by atoms with E-state index >= 15 is 0 Å². The molecule has 0 amide bonds. The van der Waals surface area contributed by atoms with Gasteiger partial charge in [0.05, 0.1) is 20.6 Å². The number of nitrogens with zero attached hydrogens (tertiary/aromatic N) is 1. The van der Waals surface area contributed by atoms with Gasteiger partial charge in [-0.15, -0.1) is 0 Å². The summed E-state index contributed by atoms with van der Waals surface area (Å²) in [5, 5.41) is 9.40. The molecular weight excluding hydrogens is 238 g/mol. The molecule has 5 nitrogen and oxygen atoms in total. The molecule has 1 N–H and O–H groups in total. The summed E-state index contributed by atoms with van der Waals surface area (Å²) in [6.45, 7) is 3.54. The number of hydrogen-bond acceptors (Lipinski definition) is 4. The smallest absolute Gasteiger partial charge is 0.388 e. The fourth-order valence-corrected chi connectivity index (χ4v) is 3.79. The third-order valence-corrected chi connectivity index (χ3v) is 5.77. The molecule has 6 heteroatoms. The Hall–Kier alpha value is 0.0169. The first-order chi connectivity index (χ1) is 7.81. The highest BCUT2D eigenvalue weighted by Crippen LogP contribution is 2.16. The molecule has 17 heavy (non-hydrogen) atoms. The first kappa shape index (κ1) is 17.0. The molecule has 0 fully saturated rings. The second-order valence-corrected chi connectivity index (χ2v) is 8.18. The van der Waals surface area contributed by atoms with Crippen molar-refractivity contribution in [3.8, 4) is 0 Å². The molecule has 0 rings (SSSR count). The maximum atomic E-state index is 9.40. The third kappa shape index (κ3) is 6.49. The van der Waals surface area contributed by atoms with Gasteiger partial charge in [-0.25, -0.2) is 0 Å². The molecule has 1 unspecified atom stereocenters. The Morgan fingerprint density at radius 2 is 1.59 bits per heavy atom. The van der Waals surface area contributed by atoms with E-state index in [9.17, 15) is 5.11 Å². The standard InChI is InChI=1S/C11H28NO4Si/c1-11(13)10-12(2,3)8-7-9-17(14-4,15-5)16-6/h11,13H,7-10H2,1-6H3/q+1. The van der Waals surface area contributed by atoms with Crippen LogP contribution in [0.1, 0.15) is 13.3 Å². The number of rotatable bonds is 9. The Balaban J connectivity index is 4.12. The molecule has 0 aromatic rings. The van der Waals surface area contributed by atoms with Gasteiger partial charge in [-0.2, -0.15) is 0 Å². The number of aliphatic hydroxyl groups is 1. The van der Waals surface area contributed by atoms with Crippen molar-refractivity contribution in [3.63, 3.8) is 0 Å². The normalized spacial score (nSPS) is 15.0. The molecule has 0 aromatic heterocycles. The van der Waals surface area contributed by atoms with Crippen molar-refractivity contribution >= 4 is 8.80 Å². The molecule has 0 bridgehead atoms. The average molecular weight is 266 g/mol. The van der Waals surface area contributed by atoms with E-state index in [1.54, 1.807) is 21.3 Å². The third-order valence-electron chi connectivity index (χ3n) is 2.94. The Labute approximate surface area is 106 Å².